The lowest BCUT2D eigenvalue weighted by Gasteiger charge is -2.07. The molecule has 0 heterocycles. The molecule has 0 aromatic heterocycles. The van der Waals surface area contributed by atoms with Crippen LogP contribution >= 0.6 is 15.9 Å². The molecule has 0 aliphatic carbocycles. The Morgan fingerprint density at radius 3 is 2.20 bits per heavy atom. The van der Waals surface area contributed by atoms with E-state index in [9.17, 15) is 9.59 Å². The standard InChI is InChI=1S/C11H11BrO3/c1-7(13)8-3-5-9(6-4-8)10(12)11(14)15-2/h3-6,10H,1-2H3. The third-order valence-corrected chi connectivity index (χ3v) is 2.92. The van der Waals surface area contributed by atoms with Crippen LogP contribution in [0.15, 0.2) is 24.3 Å². The summed E-state index contributed by atoms with van der Waals surface area (Å²) < 4.78 is 4.59. The molecule has 3 nitrogen and oxygen atoms in total. The van der Waals surface area contributed by atoms with E-state index >= 15 is 0 Å². The summed E-state index contributed by atoms with van der Waals surface area (Å²) in [6.07, 6.45) is 0. The van der Waals surface area contributed by atoms with Gasteiger partial charge in [-0.1, -0.05) is 40.2 Å². The molecule has 0 saturated heterocycles. The Labute approximate surface area is 96.6 Å². The van der Waals surface area contributed by atoms with Crippen LogP contribution < -0.4 is 0 Å². The van der Waals surface area contributed by atoms with Crippen LogP contribution in [0.4, 0.5) is 0 Å². The quantitative estimate of drug-likeness (QED) is 0.482. The number of benzene rings is 1. The summed E-state index contributed by atoms with van der Waals surface area (Å²) in [7, 11) is 1.33. The Balaban J connectivity index is 2.89. The first-order valence-corrected chi connectivity index (χ1v) is 5.30. The van der Waals surface area contributed by atoms with Gasteiger partial charge in [0.15, 0.2) is 5.78 Å². The Kier molecular flexibility index (Phi) is 4.03. The molecule has 0 aliphatic rings. The van der Waals surface area contributed by atoms with E-state index in [2.05, 4.69) is 20.7 Å². The summed E-state index contributed by atoms with van der Waals surface area (Å²) in [5.74, 6) is -0.351. The van der Waals surface area contributed by atoms with Crippen molar-refractivity contribution in [2.45, 2.75) is 11.8 Å². The highest BCUT2D eigenvalue weighted by Gasteiger charge is 2.17. The molecule has 1 atom stereocenters. The fourth-order valence-electron chi connectivity index (χ4n) is 1.13. The molecule has 0 spiro atoms. The molecular weight excluding hydrogens is 260 g/mol. The van der Waals surface area contributed by atoms with Gasteiger partial charge in [0.1, 0.15) is 4.83 Å². The van der Waals surface area contributed by atoms with Gasteiger partial charge in [0.05, 0.1) is 7.11 Å². The number of hydrogen-bond acceptors (Lipinski definition) is 3. The number of Topliss-reactive ketones (excluding diaryl/α,β-unsaturated/α-hetero) is 1. The van der Waals surface area contributed by atoms with Crippen molar-refractivity contribution in [1.82, 2.24) is 0 Å². The maximum atomic E-state index is 11.2. The van der Waals surface area contributed by atoms with E-state index in [1.165, 1.54) is 14.0 Å². The Morgan fingerprint density at radius 2 is 1.80 bits per heavy atom. The largest absolute Gasteiger partial charge is 0.468 e. The molecule has 1 rings (SSSR count). The SMILES string of the molecule is COC(=O)C(Br)c1ccc(C(C)=O)cc1. The van der Waals surface area contributed by atoms with Gasteiger partial charge in [-0.05, 0) is 12.5 Å². The van der Waals surface area contributed by atoms with Crippen molar-refractivity contribution in [2.24, 2.45) is 0 Å². The van der Waals surface area contributed by atoms with Crippen LogP contribution in [0.25, 0.3) is 0 Å². The number of esters is 1. The molecule has 0 N–H and O–H groups in total. The fourth-order valence-corrected chi connectivity index (χ4v) is 1.62. The van der Waals surface area contributed by atoms with Crippen molar-refractivity contribution < 1.29 is 14.3 Å². The Morgan fingerprint density at radius 1 is 1.27 bits per heavy atom. The molecule has 0 aliphatic heterocycles. The third kappa shape index (κ3) is 2.89. The molecule has 1 unspecified atom stereocenters. The molecule has 80 valence electrons. The second-order valence-corrected chi connectivity index (χ2v) is 3.98. The first kappa shape index (κ1) is 11.9. The molecule has 0 saturated carbocycles. The molecule has 0 bridgehead atoms. The van der Waals surface area contributed by atoms with E-state index in [1.807, 2.05) is 0 Å². The molecule has 0 fully saturated rings. The molecule has 4 heteroatoms. The molecule has 15 heavy (non-hydrogen) atoms. The van der Waals surface area contributed by atoms with E-state index in [0.29, 0.717) is 5.56 Å². The summed E-state index contributed by atoms with van der Waals surface area (Å²) >= 11 is 3.21. The molecular formula is C11H11BrO3. The number of carbonyl (C=O) groups excluding carboxylic acids is 2. The van der Waals surface area contributed by atoms with Gasteiger partial charge < -0.3 is 4.74 Å². The first-order chi connectivity index (χ1) is 7.06. The van der Waals surface area contributed by atoms with Crippen LogP contribution in [0.5, 0.6) is 0 Å². The highest BCUT2D eigenvalue weighted by molar-refractivity contribution is 9.09. The predicted molar refractivity (Wildman–Crippen MR) is 60.1 cm³/mol. The normalized spacial score (nSPS) is 11.9. The van der Waals surface area contributed by atoms with Crippen LogP contribution in [0, 0.1) is 0 Å². The minimum Gasteiger partial charge on any atom is -0.468 e. The number of rotatable bonds is 3. The molecule has 0 radical (unpaired) electrons. The second-order valence-electron chi connectivity index (χ2n) is 3.06. The lowest BCUT2D eigenvalue weighted by molar-refractivity contribution is -0.139. The first-order valence-electron chi connectivity index (χ1n) is 4.39. The summed E-state index contributed by atoms with van der Waals surface area (Å²) in [5.41, 5.74) is 1.40. The number of ketones is 1. The Hall–Kier alpha value is -1.16. The van der Waals surface area contributed by atoms with Gasteiger partial charge in [0.2, 0.25) is 0 Å². The smallest absolute Gasteiger partial charge is 0.323 e. The van der Waals surface area contributed by atoms with Gasteiger partial charge in [-0.15, -0.1) is 0 Å². The fraction of sp³-hybridized carbons (Fsp3) is 0.273. The van der Waals surface area contributed by atoms with Gasteiger partial charge >= 0.3 is 5.97 Å². The van der Waals surface area contributed by atoms with Crippen LogP contribution in [0.3, 0.4) is 0 Å². The zero-order valence-corrected chi connectivity index (χ0v) is 10.1. The number of methoxy groups -OCH3 is 1. The summed E-state index contributed by atoms with van der Waals surface area (Å²) in [5, 5.41) is 0. The lowest BCUT2D eigenvalue weighted by Crippen LogP contribution is -2.08. The van der Waals surface area contributed by atoms with Gasteiger partial charge in [-0.2, -0.15) is 0 Å². The minimum absolute atomic E-state index is 0.00532. The number of halogens is 1. The van der Waals surface area contributed by atoms with Gasteiger partial charge in [0.25, 0.3) is 0 Å². The lowest BCUT2D eigenvalue weighted by atomic mass is 10.1. The van der Waals surface area contributed by atoms with Crippen LogP contribution in [-0.2, 0) is 9.53 Å². The highest BCUT2D eigenvalue weighted by atomic mass is 79.9. The zero-order chi connectivity index (χ0) is 11.4. The third-order valence-electron chi connectivity index (χ3n) is 2.02. The Bertz CT molecular complexity index is 370. The monoisotopic (exact) mass is 270 g/mol. The summed E-state index contributed by atoms with van der Waals surface area (Å²) in [6, 6.07) is 6.84. The van der Waals surface area contributed by atoms with E-state index in [1.54, 1.807) is 24.3 Å². The summed E-state index contributed by atoms with van der Waals surface area (Å²) in [4.78, 5) is 21.7. The van der Waals surface area contributed by atoms with Crippen LogP contribution in [0.1, 0.15) is 27.7 Å². The maximum Gasteiger partial charge on any atom is 0.323 e. The minimum atomic E-state index is -0.483. The van der Waals surface area contributed by atoms with Crippen molar-refractivity contribution in [3.05, 3.63) is 35.4 Å². The highest BCUT2D eigenvalue weighted by Crippen LogP contribution is 2.24. The zero-order valence-electron chi connectivity index (χ0n) is 8.49. The average Bonchev–Trinajstić information content (AvgIpc) is 2.27. The molecule has 1 aromatic carbocycles. The van der Waals surface area contributed by atoms with Gasteiger partial charge in [-0.25, -0.2) is 0 Å². The maximum absolute atomic E-state index is 11.2. The van der Waals surface area contributed by atoms with Crippen molar-refractivity contribution in [2.75, 3.05) is 7.11 Å². The van der Waals surface area contributed by atoms with Crippen molar-refractivity contribution in [1.29, 1.82) is 0 Å². The topological polar surface area (TPSA) is 43.4 Å². The van der Waals surface area contributed by atoms with Crippen molar-refractivity contribution in [3.8, 4) is 0 Å². The average molecular weight is 271 g/mol. The molecule has 0 amide bonds. The van der Waals surface area contributed by atoms with E-state index in [0.717, 1.165) is 5.56 Å². The molecule has 1 aromatic rings. The summed E-state index contributed by atoms with van der Waals surface area (Å²) in [6.45, 7) is 1.50. The van der Waals surface area contributed by atoms with Crippen molar-refractivity contribution >= 4 is 27.7 Å². The predicted octanol–water partition coefficient (Wildman–Crippen LogP) is 2.50. The van der Waals surface area contributed by atoms with Crippen molar-refractivity contribution in [3.63, 3.8) is 0 Å². The van der Waals surface area contributed by atoms with Crippen LogP contribution in [-0.4, -0.2) is 18.9 Å². The van der Waals surface area contributed by atoms with Gasteiger partial charge in [0, 0.05) is 5.56 Å². The van der Waals surface area contributed by atoms with E-state index in [4.69, 9.17) is 0 Å². The number of carbonyl (C=O) groups is 2. The van der Waals surface area contributed by atoms with E-state index < -0.39 is 4.83 Å². The number of hydrogen-bond donors (Lipinski definition) is 0. The second kappa shape index (κ2) is 5.07. The van der Waals surface area contributed by atoms with Gasteiger partial charge in [-0.3, -0.25) is 9.59 Å². The number of ether oxygens (including phenoxy) is 1. The van der Waals surface area contributed by atoms with E-state index in [-0.39, 0.29) is 11.8 Å². The van der Waals surface area contributed by atoms with Crippen LogP contribution in [0.2, 0.25) is 0 Å². The number of alkyl halides is 1.